The van der Waals surface area contributed by atoms with Gasteiger partial charge in [0.15, 0.2) is 0 Å². The molecule has 1 nitrogen and oxygen atoms in total. The van der Waals surface area contributed by atoms with E-state index in [1.54, 1.807) is 13.8 Å². The van der Waals surface area contributed by atoms with Crippen LogP contribution in [0.15, 0.2) is 12.1 Å². The topological polar surface area (TPSA) is 9.23 Å². The highest BCUT2D eigenvalue weighted by molar-refractivity contribution is 6.64. The Kier molecular flexibility index (Phi) is 3.17. The van der Waals surface area contributed by atoms with E-state index in [0.29, 0.717) is 0 Å². The van der Waals surface area contributed by atoms with Gasteiger partial charge in [-0.05, 0) is 13.8 Å². The molecule has 0 saturated heterocycles. The van der Waals surface area contributed by atoms with Crippen LogP contribution in [0, 0.1) is 0 Å². The minimum atomic E-state index is -4.83. The Bertz CT molecular complexity index is 150. The standard InChI is InChI=1S/C6H11BF3O/c1-6(2,11-3)4-5-7(8,9)10/h4-5H,1-3H3/q-1/b5-4+. The van der Waals surface area contributed by atoms with Crippen molar-refractivity contribution in [3.63, 3.8) is 0 Å². The van der Waals surface area contributed by atoms with E-state index >= 15 is 0 Å². The van der Waals surface area contributed by atoms with Gasteiger partial charge < -0.3 is 17.7 Å². The van der Waals surface area contributed by atoms with E-state index in [1.165, 1.54) is 7.11 Å². The summed E-state index contributed by atoms with van der Waals surface area (Å²) < 4.78 is 39.7. The molecule has 0 heterocycles. The van der Waals surface area contributed by atoms with Crippen molar-refractivity contribution in [1.29, 1.82) is 0 Å². The highest BCUT2D eigenvalue weighted by Gasteiger charge is 2.20. The molecule has 0 rings (SSSR count). The van der Waals surface area contributed by atoms with Crippen molar-refractivity contribution in [3.8, 4) is 0 Å². The fourth-order valence-electron chi connectivity index (χ4n) is 0.409. The van der Waals surface area contributed by atoms with E-state index in [9.17, 15) is 12.9 Å². The largest absolute Gasteiger partial charge is 0.502 e. The van der Waals surface area contributed by atoms with Gasteiger partial charge in [0.2, 0.25) is 0 Å². The minimum absolute atomic E-state index is 0.240. The zero-order chi connectivity index (χ0) is 9.12. The minimum Gasteiger partial charge on any atom is -0.445 e. The normalized spacial score (nSPS) is 14.4. The van der Waals surface area contributed by atoms with E-state index in [2.05, 4.69) is 0 Å². The van der Waals surface area contributed by atoms with Crippen LogP contribution in [0.2, 0.25) is 0 Å². The van der Waals surface area contributed by atoms with Crippen LogP contribution in [0.3, 0.4) is 0 Å². The highest BCUT2D eigenvalue weighted by Crippen LogP contribution is 2.15. The molecule has 0 spiro atoms. The second kappa shape index (κ2) is 3.30. The lowest BCUT2D eigenvalue weighted by molar-refractivity contribution is 0.0655. The molecule has 0 aliphatic rings. The predicted molar refractivity (Wildman–Crippen MR) is 39.3 cm³/mol. The molecule has 0 aliphatic heterocycles. The number of ether oxygens (including phenoxy) is 1. The van der Waals surface area contributed by atoms with Gasteiger partial charge in [-0.1, -0.05) is 6.08 Å². The molecule has 0 atom stereocenters. The van der Waals surface area contributed by atoms with Crippen molar-refractivity contribution in [3.05, 3.63) is 12.1 Å². The summed E-state index contributed by atoms with van der Waals surface area (Å²) in [6.45, 7) is -1.71. The summed E-state index contributed by atoms with van der Waals surface area (Å²) in [7, 11) is 1.37. The molecule has 0 fully saturated rings. The lowest BCUT2D eigenvalue weighted by atomic mass is 9.89. The quantitative estimate of drug-likeness (QED) is 0.586. The third-order valence-electron chi connectivity index (χ3n) is 1.24. The molecule has 0 aromatic carbocycles. The Hall–Kier alpha value is -0.445. The molecule has 0 aromatic heterocycles. The molecule has 11 heavy (non-hydrogen) atoms. The van der Waals surface area contributed by atoms with Crippen molar-refractivity contribution >= 4 is 6.98 Å². The van der Waals surface area contributed by atoms with Crippen LogP contribution in [0.1, 0.15) is 13.8 Å². The number of methoxy groups -OCH3 is 1. The van der Waals surface area contributed by atoms with Crippen molar-refractivity contribution < 1.29 is 17.7 Å². The van der Waals surface area contributed by atoms with Gasteiger partial charge in [0.25, 0.3) is 0 Å². The zero-order valence-corrected chi connectivity index (χ0v) is 6.77. The first-order valence-corrected chi connectivity index (χ1v) is 3.22. The summed E-state index contributed by atoms with van der Waals surface area (Å²) in [5.41, 5.74) is -0.836. The van der Waals surface area contributed by atoms with Gasteiger partial charge >= 0.3 is 6.98 Å². The van der Waals surface area contributed by atoms with Gasteiger partial charge in [-0.25, -0.2) is 0 Å². The molecule has 5 heteroatoms. The van der Waals surface area contributed by atoms with E-state index in [4.69, 9.17) is 4.74 Å². The van der Waals surface area contributed by atoms with E-state index in [-0.39, 0.29) is 5.98 Å². The molecule has 0 bridgehead atoms. The summed E-state index contributed by atoms with van der Waals surface area (Å²) in [5.74, 6) is 0.240. The van der Waals surface area contributed by atoms with Crippen molar-refractivity contribution in [2.24, 2.45) is 0 Å². The van der Waals surface area contributed by atoms with Crippen LogP contribution >= 0.6 is 0 Å². The summed E-state index contributed by atoms with van der Waals surface area (Å²) in [6, 6.07) is 0. The van der Waals surface area contributed by atoms with Crippen LogP contribution in [0.5, 0.6) is 0 Å². The fraction of sp³-hybridized carbons (Fsp3) is 0.667. The first kappa shape index (κ1) is 10.6. The Balaban J connectivity index is 4.13. The summed E-state index contributed by atoms with van der Waals surface area (Å²) >= 11 is 0. The molecule has 0 saturated carbocycles. The van der Waals surface area contributed by atoms with Crippen LogP contribution in [0.25, 0.3) is 0 Å². The van der Waals surface area contributed by atoms with E-state index in [1.807, 2.05) is 0 Å². The molecule has 0 N–H and O–H groups in total. The lowest BCUT2D eigenvalue weighted by Gasteiger charge is -2.19. The van der Waals surface area contributed by atoms with Crippen LogP contribution in [-0.4, -0.2) is 19.7 Å². The smallest absolute Gasteiger partial charge is 0.445 e. The second-order valence-electron chi connectivity index (χ2n) is 2.79. The number of halogens is 3. The highest BCUT2D eigenvalue weighted by atomic mass is 19.4. The van der Waals surface area contributed by atoms with Gasteiger partial charge in [-0.3, -0.25) is 0 Å². The molecular weight excluding hydrogens is 156 g/mol. The van der Waals surface area contributed by atoms with Crippen molar-refractivity contribution in [1.82, 2.24) is 0 Å². The third-order valence-corrected chi connectivity index (χ3v) is 1.24. The van der Waals surface area contributed by atoms with Crippen molar-refractivity contribution in [2.75, 3.05) is 7.11 Å². The Morgan fingerprint density at radius 3 is 2.00 bits per heavy atom. The first-order valence-electron chi connectivity index (χ1n) is 3.22. The van der Waals surface area contributed by atoms with Gasteiger partial charge in [0.1, 0.15) is 0 Å². The average molecular weight is 167 g/mol. The molecule has 0 aromatic rings. The molecule has 66 valence electrons. The predicted octanol–water partition coefficient (Wildman–Crippen LogP) is 2.35. The van der Waals surface area contributed by atoms with Gasteiger partial charge in [-0.2, -0.15) is 0 Å². The van der Waals surface area contributed by atoms with Crippen LogP contribution in [0.4, 0.5) is 12.9 Å². The lowest BCUT2D eigenvalue weighted by Crippen LogP contribution is -2.21. The van der Waals surface area contributed by atoms with Crippen LogP contribution < -0.4 is 0 Å². The molecule has 0 unspecified atom stereocenters. The van der Waals surface area contributed by atoms with E-state index in [0.717, 1.165) is 6.08 Å². The maximum Gasteiger partial charge on any atom is 0.502 e. The SMILES string of the molecule is COC(C)(C)/C=C/[B-](F)(F)F. The van der Waals surface area contributed by atoms with E-state index < -0.39 is 12.6 Å². The Morgan fingerprint density at radius 1 is 1.27 bits per heavy atom. The summed E-state index contributed by atoms with van der Waals surface area (Å²) in [4.78, 5) is 0. The molecular formula is C6H11BF3O-. The maximum atomic E-state index is 11.6. The first-order chi connectivity index (χ1) is 4.77. The van der Waals surface area contributed by atoms with Gasteiger partial charge in [0, 0.05) is 7.11 Å². The number of rotatable bonds is 3. The van der Waals surface area contributed by atoms with Gasteiger partial charge in [0.05, 0.1) is 5.60 Å². The van der Waals surface area contributed by atoms with Crippen LogP contribution in [-0.2, 0) is 4.74 Å². The zero-order valence-electron chi connectivity index (χ0n) is 6.77. The molecule has 0 amide bonds. The van der Waals surface area contributed by atoms with Gasteiger partial charge in [-0.15, -0.1) is 5.98 Å². The molecule has 0 aliphatic carbocycles. The summed E-state index contributed by atoms with van der Waals surface area (Å²) in [6.07, 6.45) is 1.01. The third kappa shape index (κ3) is 5.97. The number of hydrogen-bond acceptors (Lipinski definition) is 1. The average Bonchev–Trinajstić information content (AvgIpc) is 1.83. The van der Waals surface area contributed by atoms with Crippen molar-refractivity contribution in [2.45, 2.75) is 19.4 Å². The monoisotopic (exact) mass is 167 g/mol. The Labute approximate surface area is 64.3 Å². The Morgan fingerprint density at radius 2 is 1.73 bits per heavy atom. The number of hydrogen-bond donors (Lipinski definition) is 0. The maximum absolute atomic E-state index is 11.6. The molecule has 0 radical (unpaired) electrons. The summed E-state index contributed by atoms with van der Waals surface area (Å²) in [5, 5.41) is 0. The second-order valence-corrected chi connectivity index (χ2v) is 2.79. The fourth-order valence-corrected chi connectivity index (χ4v) is 0.409.